The fraction of sp³-hybridized carbons (Fsp3) is 0.412. The molecule has 116 valence electrons. The second-order valence-electron chi connectivity index (χ2n) is 5.78. The third-order valence-corrected chi connectivity index (χ3v) is 4.22. The number of benzene rings is 1. The number of carbonyl (C=O) groups is 1. The van der Waals surface area contributed by atoms with Gasteiger partial charge in [0, 0.05) is 23.9 Å². The summed E-state index contributed by atoms with van der Waals surface area (Å²) in [5.41, 5.74) is 0.409. The topological polar surface area (TPSA) is 59.3 Å². The first-order chi connectivity index (χ1) is 10.6. The molecular weight excluding hydrogens is 285 g/mol. The van der Waals surface area contributed by atoms with Crippen molar-refractivity contribution in [2.24, 2.45) is 5.92 Å². The first-order valence-electron chi connectivity index (χ1n) is 7.63. The van der Waals surface area contributed by atoms with Crippen molar-refractivity contribution in [1.29, 1.82) is 0 Å². The Labute approximate surface area is 127 Å². The number of carbonyl (C=O) groups excluding carboxylic acids is 1. The molecule has 1 aliphatic carbocycles. The van der Waals surface area contributed by atoms with Crippen LogP contribution in [0, 0.1) is 11.7 Å². The van der Waals surface area contributed by atoms with Gasteiger partial charge < -0.3 is 9.73 Å². The summed E-state index contributed by atoms with van der Waals surface area (Å²) >= 11 is 0. The summed E-state index contributed by atoms with van der Waals surface area (Å²) in [5, 5.41) is 3.38. The van der Waals surface area contributed by atoms with Crippen LogP contribution in [0.5, 0.6) is 0 Å². The van der Waals surface area contributed by atoms with Crippen LogP contribution in [0.2, 0.25) is 0 Å². The monoisotopic (exact) mass is 303 g/mol. The minimum Gasteiger partial charge on any atom is -0.423 e. The SMILES string of the molecule is O=C(NCc1cc(=O)oc2ccc(F)cc12)C1CCCCC1. The highest BCUT2D eigenvalue weighted by Gasteiger charge is 2.21. The highest BCUT2D eigenvalue weighted by atomic mass is 19.1. The Balaban J connectivity index is 1.79. The van der Waals surface area contributed by atoms with Crippen molar-refractivity contribution < 1.29 is 13.6 Å². The molecule has 1 aliphatic rings. The standard InChI is InChI=1S/C17H18FNO3/c18-13-6-7-15-14(9-13)12(8-16(20)22-15)10-19-17(21)11-4-2-1-3-5-11/h6-9,11H,1-5,10H2,(H,19,21). The second kappa shape index (κ2) is 6.30. The van der Waals surface area contributed by atoms with Gasteiger partial charge in [-0.1, -0.05) is 19.3 Å². The summed E-state index contributed by atoms with van der Waals surface area (Å²) in [6.07, 6.45) is 5.19. The van der Waals surface area contributed by atoms with Gasteiger partial charge in [0.25, 0.3) is 0 Å². The maximum absolute atomic E-state index is 13.4. The Morgan fingerprint density at radius 2 is 2.00 bits per heavy atom. The molecule has 2 aromatic rings. The van der Waals surface area contributed by atoms with Gasteiger partial charge in [0.1, 0.15) is 11.4 Å². The van der Waals surface area contributed by atoms with Crippen molar-refractivity contribution in [3.63, 3.8) is 0 Å². The lowest BCUT2D eigenvalue weighted by Gasteiger charge is -2.20. The van der Waals surface area contributed by atoms with Crippen LogP contribution in [0.4, 0.5) is 4.39 Å². The molecule has 1 N–H and O–H groups in total. The lowest BCUT2D eigenvalue weighted by atomic mass is 9.88. The molecule has 1 aromatic heterocycles. The minimum atomic E-state index is -0.499. The van der Waals surface area contributed by atoms with Crippen LogP contribution in [-0.4, -0.2) is 5.91 Å². The van der Waals surface area contributed by atoms with Crippen LogP contribution < -0.4 is 10.9 Å². The number of rotatable bonds is 3. The summed E-state index contributed by atoms with van der Waals surface area (Å²) < 4.78 is 18.4. The third kappa shape index (κ3) is 3.18. The average Bonchev–Trinajstić information content (AvgIpc) is 2.53. The Morgan fingerprint density at radius 3 is 2.77 bits per heavy atom. The molecule has 4 nitrogen and oxygen atoms in total. The summed E-state index contributed by atoms with van der Waals surface area (Å²) in [6, 6.07) is 5.30. The van der Waals surface area contributed by atoms with E-state index in [1.165, 1.54) is 30.7 Å². The molecule has 0 spiro atoms. The van der Waals surface area contributed by atoms with Crippen molar-refractivity contribution >= 4 is 16.9 Å². The molecule has 1 aromatic carbocycles. The highest BCUT2D eigenvalue weighted by molar-refractivity contribution is 5.82. The molecule has 1 saturated carbocycles. The Kier molecular flexibility index (Phi) is 4.22. The molecule has 1 amide bonds. The van der Waals surface area contributed by atoms with Crippen LogP contribution in [0.3, 0.4) is 0 Å². The Bertz CT molecular complexity index is 747. The van der Waals surface area contributed by atoms with E-state index in [4.69, 9.17) is 4.42 Å². The molecule has 22 heavy (non-hydrogen) atoms. The predicted molar refractivity (Wildman–Crippen MR) is 80.9 cm³/mol. The summed E-state index contributed by atoms with van der Waals surface area (Å²) in [7, 11) is 0. The zero-order chi connectivity index (χ0) is 15.5. The van der Waals surface area contributed by atoms with Gasteiger partial charge in [0.05, 0.1) is 0 Å². The maximum Gasteiger partial charge on any atom is 0.336 e. The van der Waals surface area contributed by atoms with E-state index in [2.05, 4.69) is 5.32 Å². The van der Waals surface area contributed by atoms with E-state index >= 15 is 0 Å². The predicted octanol–water partition coefficient (Wildman–Crippen LogP) is 3.13. The number of hydrogen-bond acceptors (Lipinski definition) is 3. The molecular formula is C17H18FNO3. The minimum absolute atomic E-state index is 0.0116. The first kappa shape index (κ1) is 14.8. The van der Waals surface area contributed by atoms with E-state index in [9.17, 15) is 14.0 Å². The second-order valence-corrected chi connectivity index (χ2v) is 5.78. The molecule has 0 radical (unpaired) electrons. The average molecular weight is 303 g/mol. The number of amides is 1. The molecule has 0 bridgehead atoms. The van der Waals surface area contributed by atoms with E-state index < -0.39 is 11.4 Å². The van der Waals surface area contributed by atoms with Crippen molar-refractivity contribution in [3.8, 4) is 0 Å². The summed E-state index contributed by atoms with van der Waals surface area (Å²) in [4.78, 5) is 23.7. The largest absolute Gasteiger partial charge is 0.423 e. The Hall–Kier alpha value is -2.17. The molecule has 5 heteroatoms. The molecule has 0 atom stereocenters. The van der Waals surface area contributed by atoms with Crippen molar-refractivity contribution in [2.45, 2.75) is 38.6 Å². The molecule has 3 rings (SSSR count). The van der Waals surface area contributed by atoms with E-state index in [1.54, 1.807) is 0 Å². The van der Waals surface area contributed by atoms with Gasteiger partial charge in [0.2, 0.25) is 5.91 Å². The Morgan fingerprint density at radius 1 is 1.23 bits per heavy atom. The number of fused-ring (bicyclic) bond motifs is 1. The molecule has 0 unspecified atom stereocenters. The summed E-state index contributed by atoms with van der Waals surface area (Å²) in [6.45, 7) is 0.209. The van der Waals surface area contributed by atoms with Gasteiger partial charge >= 0.3 is 5.63 Å². The number of nitrogens with one attached hydrogen (secondary N) is 1. The quantitative estimate of drug-likeness (QED) is 0.886. The van der Waals surface area contributed by atoms with Crippen LogP contribution in [0.1, 0.15) is 37.7 Å². The molecule has 1 fully saturated rings. The molecule has 0 saturated heterocycles. The van der Waals surface area contributed by atoms with Gasteiger partial charge in [-0.3, -0.25) is 4.79 Å². The van der Waals surface area contributed by atoms with E-state index in [0.29, 0.717) is 16.5 Å². The smallest absolute Gasteiger partial charge is 0.336 e. The zero-order valence-corrected chi connectivity index (χ0v) is 12.2. The first-order valence-corrected chi connectivity index (χ1v) is 7.63. The van der Waals surface area contributed by atoms with Crippen LogP contribution >= 0.6 is 0 Å². The van der Waals surface area contributed by atoms with Gasteiger partial charge in [-0.15, -0.1) is 0 Å². The lowest BCUT2D eigenvalue weighted by molar-refractivity contribution is -0.126. The fourth-order valence-electron chi connectivity index (χ4n) is 3.04. The highest BCUT2D eigenvalue weighted by Crippen LogP contribution is 2.24. The van der Waals surface area contributed by atoms with Gasteiger partial charge in [-0.25, -0.2) is 9.18 Å². The van der Waals surface area contributed by atoms with E-state index in [0.717, 1.165) is 25.7 Å². The normalized spacial score (nSPS) is 15.9. The molecule has 1 heterocycles. The maximum atomic E-state index is 13.4. The van der Waals surface area contributed by atoms with Gasteiger partial charge in [0.15, 0.2) is 0 Å². The lowest BCUT2D eigenvalue weighted by Crippen LogP contribution is -2.31. The van der Waals surface area contributed by atoms with Crippen molar-refractivity contribution in [2.75, 3.05) is 0 Å². The van der Waals surface area contributed by atoms with Crippen molar-refractivity contribution in [1.82, 2.24) is 5.32 Å². The van der Waals surface area contributed by atoms with E-state index in [1.807, 2.05) is 0 Å². The van der Waals surface area contributed by atoms with Gasteiger partial charge in [-0.2, -0.15) is 0 Å². The van der Waals surface area contributed by atoms with Crippen LogP contribution in [0.15, 0.2) is 33.5 Å². The summed E-state index contributed by atoms with van der Waals surface area (Å²) in [5.74, 6) is -0.337. The van der Waals surface area contributed by atoms with E-state index in [-0.39, 0.29) is 18.4 Å². The van der Waals surface area contributed by atoms with Crippen LogP contribution in [-0.2, 0) is 11.3 Å². The number of halogens is 1. The van der Waals surface area contributed by atoms with Crippen molar-refractivity contribution in [3.05, 3.63) is 46.1 Å². The fourth-order valence-corrected chi connectivity index (χ4v) is 3.04. The van der Waals surface area contributed by atoms with Gasteiger partial charge in [-0.05, 0) is 36.6 Å². The molecule has 0 aliphatic heterocycles. The zero-order valence-electron chi connectivity index (χ0n) is 12.2. The third-order valence-electron chi connectivity index (χ3n) is 4.22. The van der Waals surface area contributed by atoms with Crippen LogP contribution in [0.25, 0.3) is 11.0 Å². The number of hydrogen-bond donors (Lipinski definition) is 1.